The van der Waals surface area contributed by atoms with Gasteiger partial charge >= 0.3 is 0 Å². The molecule has 0 fully saturated rings. The largest absolute Gasteiger partial charge is 0.299 e. The van der Waals surface area contributed by atoms with Crippen molar-refractivity contribution in [3.05, 3.63) is 46.3 Å². The van der Waals surface area contributed by atoms with Crippen molar-refractivity contribution in [3.63, 3.8) is 0 Å². The minimum atomic E-state index is -0.477. The van der Waals surface area contributed by atoms with Crippen molar-refractivity contribution in [2.24, 2.45) is 10.5 Å². The second-order valence-corrected chi connectivity index (χ2v) is 4.78. The third-order valence-electron chi connectivity index (χ3n) is 3.03. The van der Waals surface area contributed by atoms with Gasteiger partial charge in [-0.2, -0.15) is 0 Å². The number of carbonyl (C=O) groups excluding carboxylic acids is 1. The molecular formula is C13H17N3O. The summed E-state index contributed by atoms with van der Waals surface area (Å²) in [6.45, 7) is 5.31. The first-order chi connectivity index (χ1) is 7.97. The summed E-state index contributed by atoms with van der Waals surface area (Å²) in [5, 5.41) is 3.79. The van der Waals surface area contributed by atoms with Crippen LogP contribution in [0.4, 0.5) is 0 Å². The van der Waals surface area contributed by atoms with Crippen LogP contribution in [0.25, 0.3) is 10.4 Å². The molecule has 1 rings (SSSR count). The van der Waals surface area contributed by atoms with Crippen LogP contribution in [0.1, 0.15) is 38.8 Å². The predicted octanol–water partition coefficient (Wildman–Crippen LogP) is 4.04. The molecule has 0 aliphatic carbocycles. The number of ketones is 1. The molecule has 4 heteroatoms. The van der Waals surface area contributed by atoms with Crippen LogP contribution in [0.2, 0.25) is 0 Å². The SMILES string of the molecule is CC(=O)C(C)(C)CC(N=[N+]=[N-])c1ccccc1. The second-order valence-electron chi connectivity index (χ2n) is 4.78. The van der Waals surface area contributed by atoms with E-state index in [1.54, 1.807) is 6.92 Å². The number of hydrogen-bond donors (Lipinski definition) is 0. The molecule has 0 saturated heterocycles. The molecule has 4 nitrogen and oxygen atoms in total. The zero-order valence-corrected chi connectivity index (χ0v) is 10.4. The highest BCUT2D eigenvalue weighted by molar-refractivity contribution is 5.81. The van der Waals surface area contributed by atoms with Gasteiger partial charge in [0.2, 0.25) is 0 Å². The summed E-state index contributed by atoms with van der Waals surface area (Å²) in [5.74, 6) is 0.103. The zero-order chi connectivity index (χ0) is 12.9. The Kier molecular flexibility index (Phi) is 4.30. The van der Waals surface area contributed by atoms with Crippen LogP contribution in [0, 0.1) is 5.41 Å². The van der Waals surface area contributed by atoms with Crippen LogP contribution in [-0.4, -0.2) is 5.78 Å². The van der Waals surface area contributed by atoms with Crippen molar-refractivity contribution >= 4 is 5.78 Å². The second kappa shape index (κ2) is 5.51. The summed E-state index contributed by atoms with van der Waals surface area (Å²) in [4.78, 5) is 14.4. The lowest BCUT2D eigenvalue weighted by Gasteiger charge is -2.25. The number of rotatable bonds is 5. The summed E-state index contributed by atoms with van der Waals surface area (Å²) in [5.41, 5.74) is 9.07. The average Bonchev–Trinajstić information content (AvgIpc) is 2.29. The molecular weight excluding hydrogens is 214 g/mol. The Bertz CT molecular complexity index is 433. The highest BCUT2D eigenvalue weighted by Crippen LogP contribution is 2.33. The van der Waals surface area contributed by atoms with Gasteiger partial charge in [0.05, 0.1) is 6.04 Å². The maximum Gasteiger partial charge on any atom is 0.135 e. The molecule has 0 saturated carbocycles. The van der Waals surface area contributed by atoms with Gasteiger partial charge in [0, 0.05) is 10.3 Å². The van der Waals surface area contributed by atoms with Gasteiger partial charge < -0.3 is 0 Å². The fraction of sp³-hybridized carbons (Fsp3) is 0.462. The van der Waals surface area contributed by atoms with Gasteiger partial charge in [0.1, 0.15) is 5.78 Å². The van der Waals surface area contributed by atoms with E-state index in [-0.39, 0.29) is 11.8 Å². The molecule has 0 heterocycles. The van der Waals surface area contributed by atoms with E-state index in [0.717, 1.165) is 5.56 Å². The van der Waals surface area contributed by atoms with Gasteiger partial charge in [-0.3, -0.25) is 4.79 Å². The van der Waals surface area contributed by atoms with Crippen LogP contribution >= 0.6 is 0 Å². The highest BCUT2D eigenvalue weighted by atomic mass is 16.1. The maximum atomic E-state index is 11.5. The Morgan fingerprint density at radius 1 is 1.41 bits per heavy atom. The van der Waals surface area contributed by atoms with E-state index in [1.165, 1.54) is 0 Å². The smallest absolute Gasteiger partial charge is 0.135 e. The molecule has 1 atom stereocenters. The van der Waals surface area contributed by atoms with Crippen molar-refractivity contribution in [1.29, 1.82) is 0 Å². The Labute approximate surface area is 101 Å². The number of benzene rings is 1. The topological polar surface area (TPSA) is 65.8 Å². The fourth-order valence-electron chi connectivity index (χ4n) is 1.59. The average molecular weight is 231 g/mol. The first-order valence-corrected chi connectivity index (χ1v) is 5.57. The van der Waals surface area contributed by atoms with E-state index in [2.05, 4.69) is 10.0 Å². The Morgan fingerprint density at radius 2 is 2.00 bits per heavy atom. The van der Waals surface area contributed by atoms with Crippen LogP contribution in [0.5, 0.6) is 0 Å². The van der Waals surface area contributed by atoms with E-state index in [4.69, 9.17) is 5.53 Å². The van der Waals surface area contributed by atoms with Crippen LogP contribution < -0.4 is 0 Å². The van der Waals surface area contributed by atoms with Crippen molar-refractivity contribution in [2.45, 2.75) is 33.2 Å². The molecule has 17 heavy (non-hydrogen) atoms. The number of nitrogens with zero attached hydrogens (tertiary/aromatic N) is 3. The lowest BCUT2D eigenvalue weighted by atomic mass is 9.81. The summed E-state index contributed by atoms with van der Waals surface area (Å²) >= 11 is 0. The van der Waals surface area contributed by atoms with Crippen LogP contribution in [-0.2, 0) is 4.79 Å². The van der Waals surface area contributed by atoms with Gasteiger partial charge in [-0.1, -0.05) is 49.3 Å². The van der Waals surface area contributed by atoms with E-state index in [9.17, 15) is 4.79 Å². The van der Waals surface area contributed by atoms with Gasteiger partial charge in [-0.05, 0) is 24.4 Å². The predicted molar refractivity (Wildman–Crippen MR) is 67.4 cm³/mol. The third kappa shape index (κ3) is 3.61. The monoisotopic (exact) mass is 231 g/mol. The summed E-state index contributed by atoms with van der Waals surface area (Å²) in [6.07, 6.45) is 0.524. The molecule has 0 N–H and O–H groups in total. The van der Waals surface area contributed by atoms with Crippen LogP contribution in [0.15, 0.2) is 35.4 Å². The third-order valence-corrected chi connectivity index (χ3v) is 3.03. The molecule has 1 aromatic rings. The molecule has 0 amide bonds. The maximum absolute atomic E-state index is 11.5. The molecule has 0 radical (unpaired) electrons. The minimum absolute atomic E-state index is 0.103. The number of hydrogen-bond acceptors (Lipinski definition) is 2. The van der Waals surface area contributed by atoms with Gasteiger partial charge in [-0.15, -0.1) is 0 Å². The van der Waals surface area contributed by atoms with Crippen molar-refractivity contribution in [1.82, 2.24) is 0 Å². The van der Waals surface area contributed by atoms with E-state index in [0.29, 0.717) is 6.42 Å². The van der Waals surface area contributed by atoms with Gasteiger partial charge in [-0.25, -0.2) is 0 Å². The Morgan fingerprint density at radius 3 is 2.47 bits per heavy atom. The van der Waals surface area contributed by atoms with E-state index < -0.39 is 5.41 Å². The molecule has 1 unspecified atom stereocenters. The van der Waals surface area contributed by atoms with Gasteiger partial charge in [0.15, 0.2) is 0 Å². The van der Waals surface area contributed by atoms with E-state index in [1.807, 2.05) is 44.2 Å². The molecule has 0 spiro atoms. The summed E-state index contributed by atoms with van der Waals surface area (Å²) < 4.78 is 0. The first kappa shape index (κ1) is 13.3. The Balaban J connectivity index is 2.96. The number of Topliss-reactive ketones (excluding diaryl/α,β-unsaturated/α-hetero) is 1. The Hall–Kier alpha value is -1.80. The lowest BCUT2D eigenvalue weighted by molar-refractivity contribution is -0.125. The number of azide groups is 1. The first-order valence-electron chi connectivity index (χ1n) is 5.57. The van der Waals surface area contributed by atoms with Crippen molar-refractivity contribution in [2.75, 3.05) is 0 Å². The zero-order valence-electron chi connectivity index (χ0n) is 10.4. The van der Waals surface area contributed by atoms with Gasteiger partial charge in [0.25, 0.3) is 0 Å². The van der Waals surface area contributed by atoms with E-state index >= 15 is 0 Å². The number of carbonyl (C=O) groups is 1. The quantitative estimate of drug-likeness (QED) is 0.428. The van der Waals surface area contributed by atoms with Crippen molar-refractivity contribution < 1.29 is 4.79 Å². The fourth-order valence-corrected chi connectivity index (χ4v) is 1.59. The molecule has 1 aromatic carbocycles. The molecule has 0 aliphatic heterocycles. The summed E-state index contributed by atoms with van der Waals surface area (Å²) in [6, 6.07) is 9.24. The molecule has 0 aliphatic rings. The normalized spacial score (nSPS) is 12.6. The highest BCUT2D eigenvalue weighted by Gasteiger charge is 2.27. The van der Waals surface area contributed by atoms with Crippen molar-refractivity contribution in [3.8, 4) is 0 Å². The molecule has 0 aromatic heterocycles. The molecule has 90 valence electrons. The standard InChI is InChI=1S/C13H17N3O/c1-10(17)13(2,3)9-12(15-16-14)11-7-5-4-6-8-11/h4-8,12H,9H2,1-3H3. The lowest BCUT2D eigenvalue weighted by Crippen LogP contribution is -2.23. The molecule has 0 bridgehead atoms. The van der Waals surface area contributed by atoms with Crippen LogP contribution in [0.3, 0.4) is 0 Å². The summed E-state index contributed by atoms with van der Waals surface area (Å²) in [7, 11) is 0. The minimum Gasteiger partial charge on any atom is -0.299 e.